The second-order valence-corrected chi connectivity index (χ2v) is 10.9. The van der Waals surface area contributed by atoms with E-state index in [1.807, 2.05) is 0 Å². The summed E-state index contributed by atoms with van der Waals surface area (Å²) in [6, 6.07) is 6.68. The summed E-state index contributed by atoms with van der Waals surface area (Å²) in [5.74, 6) is -3.39. The zero-order valence-corrected chi connectivity index (χ0v) is 23.1. The number of aromatic nitrogens is 3. The molecular weight excluding hydrogens is 609 g/mol. The first-order valence-corrected chi connectivity index (χ1v) is 13.7. The van der Waals surface area contributed by atoms with Gasteiger partial charge in [0.15, 0.2) is 17.4 Å². The van der Waals surface area contributed by atoms with Gasteiger partial charge in [0, 0.05) is 24.4 Å². The number of thiazole rings is 1. The molecule has 0 amide bonds. The molecule has 230 valence electrons. The van der Waals surface area contributed by atoms with Crippen LogP contribution in [0.1, 0.15) is 29.4 Å². The molecule has 1 aliphatic rings. The van der Waals surface area contributed by atoms with Gasteiger partial charge in [-0.15, -0.1) is 11.3 Å². The smallest absolute Gasteiger partial charge is 0.439 e. The Morgan fingerprint density at radius 1 is 1.09 bits per heavy atom. The van der Waals surface area contributed by atoms with Crippen LogP contribution >= 0.6 is 11.3 Å². The van der Waals surface area contributed by atoms with E-state index < -0.39 is 41.5 Å². The lowest BCUT2D eigenvalue weighted by atomic mass is 9.96. The van der Waals surface area contributed by atoms with Crippen molar-refractivity contribution in [2.24, 2.45) is 5.92 Å². The van der Waals surface area contributed by atoms with Gasteiger partial charge in [0.2, 0.25) is 0 Å². The average molecular weight is 633 g/mol. The van der Waals surface area contributed by atoms with Crippen LogP contribution in [0.3, 0.4) is 0 Å². The van der Waals surface area contributed by atoms with E-state index in [2.05, 4.69) is 19.6 Å². The fraction of sp³-hybridized carbons (Fsp3) is 0.370. The summed E-state index contributed by atoms with van der Waals surface area (Å²) in [5.41, 5.74) is -0.335. The lowest BCUT2D eigenvalue weighted by Crippen LogP contribution is -2.41. The molecule has 1 N–H and O–H groups in total. The van der Waals surface area contributed by atoms with Gasteiger partial charge >= 0.3 is 18.1 Å². The minimum atomic E-state index is -4.51. The lowest BCUT2D eigenvalue weighted by molar-refractivity contribution is -0.185. The van der Waals surface area contributed by atoms with Gasteiger partial charge in [0.05, 0.1) is 29.0 Å². The minimum absolute atomic E-state index is 0.0753. The third-order valence-electron chi connectivity index (χ3n) is 6.99. The van der Waals surface area contributed by atoms with Crippen LogP contribution in [0.25, 0.3) is 22.0 Å². The zero-order valence-electron chi connectivity index (χ0n) is 22.3. The van der Waals surface area contributed by atoms with Crippen LogP contribution in [0.4, 0.5) is 30.7 Å². The van der Waals surface area contributed by atoms with Crippen LogP contribution < -0.4 is 15.2 Å². The number of methoxy groups -OCH3 is 1. The van der Waals surface area contributed by atoms with Crippen molar-refractivity contribution in [1.29, 1.82) is 0 Å². The third kappa shape index (κ3) is 7.01. The second-order valence-electron chi connectivity index (χ2n) is 9.79. The molecule has 1 aliphatic heterocycles. The number of benzene rings is 2. The Labute approximate surface area is 243 Å². The molecule has 4 aromatic rings. The number of piperidine rings is 1. The number of aromatic amines is 1. The first kappa shape index (κ1) is 30.5. The van der Waals surface area contributed by atoms with Gasteiger partial charge < -0.3 is 9.47 Å². The molecule has 1 fully saturated rings. The van der Waals surface area contributed by atoms with E-state index >= 15 is 4.39 Å². The summed E-state index contributed by atoms with van der Waals surface area (Å²) in [4.78, 5) is 20.2. The molecule has 1 saturated heterocycles. The molecule has 0 bridgehead atoms. The monoisotopic (exact) mass is 632 g/mol. The molecule has 0 radical (unpaired) electrons. The molecule has 2 aromatic carbocycles. The molecule has 16 heteroatoms. The fourth-order valence-electron chi connectivity index (χ4n) is 4.71. The number of halogens is 7. The predicted molar refractivity (Wildman–Crippen MR) is 140 cm³/mol. The standard InChI is InChI=1S/C27H23F7N4O4S/c1-40-19-11-20(18(28)10-17(19)23-36-25(39)42-37-23)41-21(13-38-8-6-16(7-9-38)27(32,33)34)22-12-35-24(43-22)14-2-4-15(5-3-14)26(29,30)31/h2-5,10-12,16,21H,6-9,13H2,1H3,(H,36,37,39). The number of ether oxygens (including phenoxy) is 2. The highest BCUT2D eigenvalue weighted by Crippen LogP contribution is 2.39. The third-order valence-corrected chi connectivity index (χ3v) is 8.13. The number of nitrogens with one attached hydrogen (secondary N) is 1. The molecule has 3 heterocycles. The highest BCUT2D eigenvalue weighted by molar-refractivity contribution is 7.15. The van der Waals surface area contributed by atoms with Crippen LogP contribution in [-0.4, -0.2) is 52.9 Å². The number of hydrogen-bond acceptors (Lipinski definition) is 8. The molecule has 8 nitrogen and oxygen atoms in total. The maximum Gasteiger partial charge on any atom is 0.439 e. The van der Waals surface area contributed by atoms with E-state index in [1.54, 1.807) is 4.90 Å². The topological polar surface area (TPSA) is 93.5 Å². The van der Waals surface area contributed by atoms with Gasteiger partial charge in [-0.2, -0.15) is 26.3 Å². The summed E-state index contributed by atoms with van der Waals surface area (Å²) in [7, 11) is 1.31. The molecule has 0 spiro atoms. The Bertz CT molecular complexity index is 1610. The van der Waals surface area contributed by atoms with Crippen molar-refractivity contribution in [3.05, 3.63) is 69.4 Å². The second kappa shape index (κ2) is 12.0. The summed E-state index contributed by atoms with van der Waals surface area (Å²) in [6.07, 6.45) is -8.50. The number of likely N-dealkylation sites (tertiary alicyclic amines) is 1. The highest BCUT2D eigenvalue weighted by atomic mass is 32.1. The van der Waals surface area contributed by atoms with Crippen LogP contribution in [0, 0.1) is 11.7 Å². The Morgan fingerprint density at radius 3 is 2.37 bits per heavy atom. The van der Waals surface area contributed by atoms with Crippen LogP contribution in [0.2, 0.25) is 0 Å². The maximum atomic E-state index is 15.3. The molecule has 1 atom stereocenters. The van der Waals surface area contributed by atoms with E-state index in [0.29, 0.717) is 15.4 Å². The van der Waals surface area contributed by atoms with Crippen molar-refractivity contribution in [3.63, 3.8) is 0 Å². The van der Waals surface area contributed by atoms with E-state index in [4.69, 9.17) is 9.47 Å². The first-order valence-electron chi connectivity index (χ1n) is 12.8. The minimum Gasteiger partial charge on any atom is -0.496 e. The van der Waals surface area contributed by atoms with Crippen LogP contribution in [0.5, 0.6) is 11.5 Å². The number of alkyl halides is 6. The van der Waals surface area contributed by atoms with E-state index in [1.165, 1.54) is 31.5 Å². The first-order chi connectivity index (χ1) is 20.3. The van der Waals surface area contributed by atoms with E-state index in [-0.39, 0.29) is 55.4 Å². The number of hydrogen-bond donors (Lipinski definition) is 1. The van der Waals surface area contributed by atoms with Crippen molar-refractivity contribution in [2.45, 2.75) is 31.3 Å². The van der Waals surface area contributed by atoms with Crippen molar-refractivity contribution in [1.82, 2.24) is 20.0 Å². The maximum absolute atomic E-state index is 15.3. The van der Waals surface area contributed by atoms with Crippen LogP contribution in [0.15, 0.2) is 51.9 Å². The van der Waals surface area contributed by atoms with Gasteiger partial charge in [0.25, 0.3) is 0 Å². The van der Waals surface area contributed by atoms with Crippen molar-refractivity contribution >= 4 is 11.3 Å². The van der Waals surface area contributed by atoms with Gasteiger partial charge in [-0.3, -0.25) is 14.4 Å². The van der Waals surface area contributed by atoms with Crippen molar-refractivity contribution in [3.8, 4) is 33.5 Å². The molecule has 43 heavy (non-hydrogen) atoms. The molecule has 0 saturated carbocycles. The summed E-state index contributed by atoms with van der Waals surface area (Å²) in [5, 5.41) is 3.91. The molecule has 2 aromatic heterocycles. The lowest BCUT2D eigenvalue weighted by Gasteiger charge is -2.34. The number of rotatable bonds is 8. The molecular formula is C27H23F7N4O4S. The molecule has 1 unspecified atom stereocenters. The van der Waals surface area contributed by atoms with Gasteiger partial charge in [-0.05, 0) is 44.1 Å². The van der Waals surface area contributed by atoms with Crippen LogP contribution in [-0.2, 0) is 6.18 Å². The Hall–Kier alpha value is -3.92. The fourth-order valence-corrected chi connectivity index (χ4v) is 5.65. The summed E-state index contributed by atoms with van der Waals surface area (Å²) < 4.78 is 110. The van der Waals surface area contributed by atoms with Gasteiger partial charge in [0.1, 0.15) is 16.9 Å². The number of H-pyrrole nitrogens is 1. The van der Waals surface area contributed by atoms with Crippen molar-refractivity contribution < 1.29 is 44.7 Å². The number of nitrogens with zero attached hydrogens (tertiary/aromatic N) is 3. The molecule has 5 rings (SSSR count). The van der Waals surface area contributed by atoms with Gasteiger partial charge in [-0.1, -0.05) is 17.3 Å². The quantitative estimate of drug-likeness (QED) is 0.216. The van der Waals surface area contributed by atoms with Crippen molar-refractivity contribution in [2.75, 3.05) is 26.7 Å². The SMILES string of the molecule is COc1cc(OC(CN2CCC(C(F)(F)F)CC2)c2cnc(-c3ccc(C(F)(F)F)cc3)s2)c(F)cc1-c1noc(=O)[nH]1. The zero-order chi connectivity index (χ0) is 30.9. The van der Waals surface area contributed by atoms with E-state index in [9.17, 15) is 31.1 Å². The van der Waals surface area contributed by atoms with Gasteiger partial charge in [-0.25, -0.2) is 14.2 Å². The normalized spacial score (nSPS) is 15.9. The summed E-state index contributed by atoms with van der Waals surface area (Å²) >= 11 is 1.10. The molecule has 0 aliphatic carbocycles. The Balaban J connectivity index is 1.43. The Kier molecular flexibility index (Phi) is 8.51. The van der Waals surface area contributed by atoms with E-state index in [0.717, 1.165) is 29.5 Å². The average Bonchev–Trinajstić information content (AvgIpc) is 3.62. The Morgan fingerprint density at radius 2 is 1.79 bits per heavy atom. The largest absolute Gasteiger partial charge is 0.496 e. The highest BCUT2D eigenvalue weighted by Gasteiger charge is 2.41. The summed E-state index contributed by atoms with van der Waals surface area (Å²) in [6.45, 7) is 0.330. The predicted octanol–water partition coefficient (Wildman–Crippen LogP) is 6.71.